The Morgan fingerprint density at radius 3 is 1.31 bits per heavy atom. The van der Waals surface area contributed by atoms with Crippen LogP contribution in [-0.4, -0.2) is 9.52 Å². The molecule has 0 aliphatic heterocycles. The molecule has 0 atom stereocenters. The quantitative estimate of drug-likeness (QED) is 0.119. The fourth-order valence-corrected chi connectivity index (χ4v) is 15.6. The molecule has 0 unspecified atom stereocenters. The molecular formula is C58H66Cl2SiZr. The zero-order chi connectivity index (χ0) is 42.4. The van der Waals surface area contributed by atoms with Gasteiger partial charge >= 0.3 is 37.9 Å². The van der Waals surface area contributed by atoms with Gasteiger partial charge in [0.2, 0.25) is 0 Å². The first-order valence-electron chi connectivity index (χ1n) is 24.4. The second-order valence-electron chi connectivity index (χ2n) is 21.5. The average Bonchev–Trinajstić information content (AvgIpc) is 4.04. The molecule has 9 saturated carbocycles. The molecule has 0 spiro atoms. The predicted molar refractivity (Wildman–Crippen MR) is 265 cm³/mol. The first-order valence-corrected chi connectivity index (χ1v) is 32.7. The first kappa shape index (κ1) is 43.7. The Kier molecular flexibility index (Phi) is 13.1. The SMILES string of the molecule is C[Si]C.Cc1cc2c(-c3ccc(C45CC6CC(CC(C6)C4)C5)cc3)cccc2[cH-]1.[Cl][Zr+2][Cl].c1cc(-c2ccc(C34CC5CC(CC(C5)C3)C4)cc2)c2cc(C3CCCC3)[cH-]c2c1. The van der Waals surface area contributed by atoms with Gasteiger partial charge in [-0.25, -0.2) is 0 Å². The minimum atomic E-state index is -0.826. The molecule has 0 N–H and O–H groups in total. The third-order valence-corrected chi connectivity index (χ3v) is 17.2. The molecule has 6 aromatic rings. The van der Waals surface area contributed by atoms with Gasteiger partial charge in [0.15, 0.2) is 0 Å². The molecule has 2 radical (unpaired) electrons. The van der Waals surface area contributed by atoms with E-state index < -0.39 is 20.8 Å². The van der Waals surface area contributed by atoms with Crippen LogP contribution < -0.4 is 0 Å². The molecule has 0 aromatic heterocycles. The minimum Gasteiger partial charge on any atom is -0.164 e. The van der Waals surface area contributed by atoms with Crippen LogP contribution in [0.3, 0.4) is 0 Å². The van der Waals surface area contributed by atoms with Crippen LogP contribution in [0.5, 0.6) is 0 Å². The van der Waals surface area contributed by atoms with Crippen molar-refractivity contribution in [3.8, 4) is 22.3 Å². The Bertz CT molecular complexity index is 2370. The molecule has 8 bridgehead atoms. The number of benzene rings is 4. The smallest absolute Gasteiger partial charge is 0.00391 e. The summed E-state index contributed by atoms with van der Waals surface area (Å²) < 4.78 is 0. The summed E-state index contributed by atoms with van der Waals surface area (Å²) in [5.74, 6) is 6.89. The van der Waals surface area contributed by atoms with Gasteiger partial charge in [-0.3, -0.25) is 0 Å². The maximum Gasteiger partial charge on any atom is -0.00391 e. The Morgan fingerprint density at radius 1 is 0.532 bits per heavy atom. The molecular weight excluding hydrogens is 887 g/mol. The standard InChI is InChI=1S/C30H33.C26H27.C2H6Si.2ClH.Zr/c1-2-5-23(4-1)26-15-25-6-3-7-28(29(25)16-26)24-8-10-27(11-9-24)30-17-20-12-21(18-30)14-22(13-20)19-30;1-17-9-22-3-2-4-24(25(22)10-17)21-5-7-23(8-6-21)26-14-18-11-19(15-26)13-20(12-18)16-26;1-3-2;;;/h3,6-11,15-16,20-23H,1-2,4-5,12-14,17-19H2;2-10,18-20H,11-16H2,1H3;1-2H3;2*1H;/q2*-1;;;;+4/p-2. The van der Waals surface area contributed by atoms with Crippen LogP contribution in [-0.2, 0) is 31.7 Å². The summed E-state index contributed by atoms with van der Waals surface area (Å²) in [5.41, 5.74) is 12.8. The molecule has 9 fully saturated rings. The second-order valence-corrected chi connectivity index (χ2v) is 26.3. The van der Waals surface area contributed by atoms with Crippen molar-refractivity contribution in [2.24, 2.45) is 35.5 Å². The molecule has 9 aliphatic carbocycles. The van der Waals surface area contributed by atoms with Crippen LogP contribution in [0, 0.1) is 42.4 Å². The van der Waals surface area contributed by atoms with Gasteiger partial charge in [-0.15, -0.1) is 69.1 Å². The molecule has 4 heteroatoms. The Morgan fingerprint density at radius 2 is 0.903 bits per heavy atom. The van der Waals surface area contributed by atoms with Gasteiger partial charge in [0.25, 0.3) is 0 Å². The van der Waals surface area contributed by atoms with E-state index in [9.17, 15) is 0 Å². The summed E-state index contributed by atoms with van der Waals surface area (Å²) in [5, 5.41) is 5.65. The second kappa shape index (κ2) is 18.6. The van der Waals surface area contributed by atoms with Gasteiger partial charge in [-0.1, -0.05) is 105 Å². The molecule has 0 nitrogen and oxygen atoms in total. The summed E-state index contributed by atoms with van der Waals surface area (Å²) in [6, 6.07) is 42.8. The topological polar surface area (TPSA) is 0 Å². The zero-order valence-electron chi connectivity index (χ0n) is 37.5. The van der Waals surface area contributed by atoms with E-state index in [1.807, 2.05) is 0 Å². The van der Waals surface area contributed by atoms with Gasteiger partial charge in [0.1, 0.15) is 0 Å². The summed E-state index contributed by atoms with van der Waals surface area (Å²) in [4.78, 5) is 0. The third kappa shape index (κ3) is 8.65. The van der Waals surface area contributed by atoms with Gasteiger partial charge in [-0.2, -0.15) is 12.1 Å². The van der Waals surface area contributed by atoms with Crippen LogP contribution >= 0.6 is 17.0 Å². The van der Waals surface area contributed by atoms with Crippen LogP contribution in [0.4, 0.5) is 0 Å². The number of hydrogen-bond acceptors (Lipinski definition) is 0. The molecule has 6 aromatic carbocycles. The van der Waals surface area contributed by atoms with Crippen LogP contribution in [0.1, 0.15) is 131 Å². The van der Waals surface area contributed by atoms with Crippen molar-refractivity contribution in [1.29, 1.82) is 0 Å². The Labute approximate surface area is 394 Å². The van der Waals surface area contributed by atoms with E-state index in [0.29, 0.717) is 10.8 Å². The van der Waals surface area contributed by atoms with Crippen molar-refractivity contribution in [2.75, 3.05) is 0 Å². The van der Waals surface area contributed by atoms with E-state index in [-0.39, 0.29) is 0 Å². The number of halogens is 2. The van der Waals surface area contributed by atoms with Gasteiger partial charge in [0, 0.05) is 9.52 Å². The van der Waals surface area contributed by atoms with Crippen molar-refractivity contribution in [2.45, 2.75) is 139 Å². The van der Waals surface area contributed by atoms with E-state index in [0.717, 1.165) is 50.9 Å². The van der Waals surface area contributed by atoms with Crippen LogP contribution in [0.2, 0.25) is 13.1 Å². The fraction of sp³-hybridized carbons (Fsp3) is 0.483. The molecule has 0 saturated heterocycles. The fourth-order valence-electron chi connectivity index (χ4n) is 15.6. The maximum atomic E-state index is 4.93. The molecule has 62 heavy (non-hydrogen) atoms. The molecule has 9 aliphatic rings. The Hall–Kier alpha value is -2.22. The summed E-state index contributed by atoms with van der Waals surface area (Å²) >= 11 is -0.826. The van der Waals surface area contributed by atoms with E-state index in [1.165, 1.54) is 152 Å². The molecule has 15 rings (SSSR count). The largest absolute Gasteiger partial charge is 0.164 e. The summed E-state index contributed by atoms with van der Waals surface area (Å²) in [7, 11) is 11.0. The van der Waals surface area contributed by atoms with Gasteiger partial charge in [0.05, 0.1) is 0 Å². The third-order valence-electron chi connectivity index (χ3n) is 17.2. The normalized spacial score (nSPS) is 30.0. The predicted octanol–water partition coefficient (Wildman–Crippen LogP) is 17.5. The van der Waals surface area contributed by atoms with E-state index in [1.54, 1.807) is 16.7 Å². The average molecular weight is 953 g/mol. The van der Waals surface area contributed by atoms with Gasteiger partial charge < -0.3 is 0 Å². The molecule has 0 heterocycles. The van der Waals surface area contributed by atoms with Crippen molar-refractivity contribution in [3.63, 3.8) is 0 Å². The number of hydrogen-bond donors (Lipinski definition) is 0. The van der Waals surface area contributed by atoms with Gasteiger partial charge in [-0.05, 0) is 164 Å². The Balaban J connectivity index is 0.000000133. The molecule has 0 amide bonds. The zero-order valence-corrected chi connectivity index (χ0v) is 42.5. The van der Waals surface area contributed by atoms with E-state index >= 15 is 0 Å². The van der Waals surface area contributed by atoms with Crippen molar-refractivity contribution < 1.29 is 20.8 Å². The summed E-state index contributed by atoms with van der Waals surface area (Å²) in [6.07, 6.45) is 23.5. The maximum absolute atomic E-state index is 4.93. The van der Waals surface area contributed by atoms with Crippen molar-refractivity contribution in [1.82, 2.24) is 0 Å². The number of rotatable bonds is 5. The molecule has 320 valence electrons. The van der Waals surface area contributed by atoms with Crippen LogP contribution in [0.15, 0.2) is 109 Å². The summed E-state index contributed by atoms with van der Waals surface area (Å²) in [6.45, 7) is 6.50. The van der Waals surface area contributed by atoms with E-state index in [2.05, 4.69) is 129 Å². The number of aryl methyl sites for hydroxylation is 1. The number of fused-ring (bicyclic) bond motifs is 2. The van der Waals surface area contributed by atoms with E-state index in [4.69, 9.17) is 17.0 Å². The minimum absolute atomic E-state index is 0.509. The first-order chi connectivity index (χ1) is 30.3. The van der Waals surface area contributed by atoms with Crippen molar-refractivity contribution in [3.05, 3.63) is 131 Å². The monoisotopic (exact) mass is 950 g/mol. The van der Waals surface area contributed by atoms with Crippen LogP contribution in [0.25, 0.3) is 43.8 Å². The van der Waals surface area contributed by atoms with Crippen molar-refractivity contribution >= 4 is 48.1 Å².